The Hall–Kier alpha value is -2.37. The zero-order chi connectivity index (χ0) is 13.4. The number of rotatable bonds is 5. The summed E-state index contributed by atoms with van der Waals surface area (Å²) in [6.45, 7) is 2.00. The van der Waals surface area contributed by atoms with Crippen molar-refractivity contribution in [3.63, 3.8) is 0 Å². The Kier molecular flexibility index (Phi) is 5.37. The molecule has 0 saturated carbocycles. The number of ether oxygens (including phenoxy) is 2. The van der Waals surface area contributed by atoms with E-state index in [0.717, 1.165) is 6.21 Å². The Labute approximate surface area is 105 Å². The lowest BCUT2D eigenvalue weighted by molar-refractivity contribution is -0.134. The number of benzene rings is 1. The van der Waals surface area contributed by atoms with Gasteiger partial charge in [0.15, 0.2) is 0 Å². The molecule has 0 aliphatic heterocycles. The second-order valence-electron chi connectivity index (χ2n) is 3.19. The van der Waals surface area contributed by atoms with Gasteiger partial charge in [-0.25, -0.2) is 9.59 Å². The zero-order valence-corrected chi connectivity index (χ0v) is 10.2. The van der Waals surface area contributed by atoms with Crippen LogP contribution in [-0.2, 0) is 14.3 Å². The van der Waals surface area contributed by atoms with Crippen LogP contribution in [-0.4, -0.2) is 31.9 Å². The maximum absolute atomic E-state index is 11.3. The lowest BCUT2D eigenvalue weighted by Crippen LogP contribution is -2.06. The van der Waals surface area contributed by atoms with Crippen molar-refractivity contribution < 1.29 is 19.1 Å². The van der Waals surface area contributed by atoms with E-state index in [1.165, 1.54) is 7.11 Å². The third-order valence-electron chi connectivity index (χ3n) is 1.93. The van der Waals surface area contributed by atoms with Crippen LogP contribution in [0.2, 0.25) is 0 Å². The van der Waals surface area contributed by atoms with Crippen molar-refractivity contribution in [1.82, 2.24) is 0 Å². The molecule has 0 spiro atoms. The fourth-order valence-electron chi connectivity index (χ4n) is 1.17. The minimum absolute atomic E-state index is 0.294. The largest absolute Gasteiger partial charge is 0.465 e. The van der Waals surface area contributed by atoms with Crippen molar-refractivity contribution in [2.24, 2.45) is 5.10 Å². The smallest absolute Gasteiger partial charge is 0.351 e. The van der Waals surface area contributed by atoms with Crippen LogP contribution in [0.5, 0.6) is 0 Å². The number of carbonyl (C=O) groups excluding carboxylic acids is 2. The van der Waals surface area contributed by atoms with Crippen LogP contribution in [0.15, 0.2) is 29.4 Å². The molecular weight excluding hydrogens is 236 g/mol. The SMILES string of the molecule is CCOC(=O)C=NNc1cccc(C(=O)OC)c1. The van der Waals surface area contributed by atoms with Crippen molar-refractivity contribution in [2.75, 3.05) is 19.1 Å². The molecule has 1 aromatic carbocycles. The molecule has 1 aromatic rings. The number of esters is 2. The number of nitrogens with zero attached hydrogens (tertiary/aromatic N) is 1. The molecule has 6 heteroatoms. The van der Waals surface area contributed by atoms with Gasteiger partial charge >= 0.3 is 11.9 Å². The van der Waals surface area contributed by atoms with Gasteiger partial charge in [-0.15, -0.1) is 0 Å². The van der Waals surface area contributed by atoms with E-state index in [1.54, 1.807) is 31.2 Å². The highest BCUT2D eigenvalue weighted by atomic mass is 16.5. The monoisotopic (exact) mass is 250 g/mol. The molecule has 0 fully saturated rings. The van der Waals surface area contributed by atoms with Gasteiger partial charge in [0.25, 0.3) is 0 Å². The summed E-state index contributed by atoms with van der Waals surface area (Å²) in [5, 5.41) is 3.68. The predicted molar refractivity (Wildman–Crippen MR) is 66.5 cm³/mol. The predicted octanol–water partition coefficient (Wildman–Crippen LogP) is 1.43. The third-order valence-corrected chi connectivity index (χ3v) is 1.93. The zero-order valence-electron chi connectivity index (χ0n) is 10.2. The molecule has 1 rings (SSSR count). The summed E-state index contributed by atoms with van der Waals surface area (Å²) >= 11 is 0. The lowest BCUT2D eigenvalue weighted by atomic mass is 10.2. The quantitative estimate of drug-likeness (QED) is 0.486. The van der Waals surface area contributed by atoms with E-state index in [2.05, 4.69) is 20.0 Å². The average Bonchev–Trinajstić information content (AvgIpc) is 2.38. The molecule has 0 saturated heterocycles. The standard InChI is InChI=1S/C12H14N2O4/c1-3-18-11(15)8-13-14-10-6-4-5-9(7-10)12(16)17-2/h4-8,14H,3H2,1-2H3. The maximum Gasteiger partial charge on any atom is 0.351 e. The number of carbonyl (C=O) groups is 2. The number of anilines is 1. The summed E-state index contributed by atoms with van der Waals surface area (Å²) in [5.41, 5.74) is 3.58. The van der Waals surface area contributed by atoms with Gasteiger partial charge in [0.05, 0.1) is 25.0 Å². The molecule has 1 N–H and O–H groups in total. The molecular formula is C12H14N2O4. The molecule has 0 atom stereocenters. The van der Waals surface area contributed by atoms with Gasteiger partial charge in [-0.05, 0) is 25.1 Å². The Morgan fingerprint density at radius 3 is 2.89 bits per heavy atom. The van der Waals surface area contributed by atoms with E-state index in [-0.39, 0.29) is 0 Å². The van der Waals surface area contributed by atoms with E-state index in [1.807, 2.05) is 0 Å². The Morgan fingerprint density at radius 1 is 1.44 bits per heavy atom. The topological polar surface area (TPSA) is 77.0 Å². The fraction of sp³-hybridized carbons (Fsp3) is 0.250. The van der Waals surface area contributed by atoms with Crippen molar-refractivity contribution in [3.8, 4) is 0 Å². The first-order valence-electron chi connectivity index (χ1n) is 5.31. The first-order valence-corrected chi connectivity index (χ1v) is 5.31. The van der Waals surface area contributed by atoms with Crippen molar-refractivity contribution in [1.29, 1.82) is 0 Å². The molecule has 0 aliphatic carbocycles. The van der Waals surface area contributed by atoms with Crippen molar-refractivity contribution in [3.05, 3.63) is 29.8 Å². The number of methoxy groups -OCH3 is 1. The van der Waals surface area contributed by atoms with Gasteiger partial charge in [0.2, 0.25) is 0 Å². The van der Waals surface area contributed by atoms with Crippen molar-refractivity contribution >= 4 is 23.8 Å². The van der Waals surface area contributed by atoms with Gasteiger partial charge in [-0.3, -0.25) is 5.43 Å². The molecule has 6 nitrogen and oxygen atoms in total. The van der Waals surface area contributed by atoms with E-state index in [4.69, 9.17) is 0 Å². The van der Waals surface area contributed by atoms with Gasteiger partial charge in [-0.1, -0.05) is 6.07 Å². The molecule has 0 unspecified atom stereocenters. The summed E-state index contributed by atoms with van der Waals surface area (Å²) < 4.78 is 9.24. The van der Waals surface area contributed by atoms with Crippen LogP contribution >= 0.6 is 0 Å². The van der Waals surface area contributed by atoms with Gasteiger partial charge in [0.1, 0.15) is 6.21 Å². The van der Waals surface area contributed by atoms with Gasteiger partial charge < -0.3 is 9.47 Å². The minimum atomic E-state index is -0.533. The normalized spacial score (nSPS) is 10.1. The van der Waals surface area contributed by atoms with Crippen LogP contribution in [0.3, 0.4) is 0 Å². The third kappa shape index (κ3) is 4.25. The van der Waals surface area contributed by atoms with Gasteiger partial charge in [0, 0.05) is 0 Å². The van der Waals surface area contributed by atoms with Crippen LogP contribution in [0.1, 0.15) is 17.3 Å². The van der Waals surface area contributed by atoms with E-state index in [0.29, 0.717) is 17.9 Å². The van der Waals surface area contributed by atoms with Crippen LogP contribution in [0.25, 0.3) is 0 Å². The van der Waals surface area contributed by atoms with E-state index in [9.17, 15) is 9.59 Å². The summed E-state index contributed by atoms with van der Waals surface area (Å²) in [6, 6.07) is 6.56. The average molecular weight is 250 g/mol. The Bertz CT molecular complexity index is 457. The fourth-order valence-corrected chi connectivity index (χ4v) is 1.17. The van der Waals surface area contributed by atoms with Crippen LogP contribution in [0, 0.1) is 0 Å². The highest BCUT2D eigenvalue weighted by Crippen LogP contribution is 2.11. The second-order valence-corrected chi connectivity index (χ2v) is 3.19. The summed E-state index contributed by atoms with van der Waals surface area (Å²) in [7, 11) is 1.31. The first kappa shape index (κ1) is 13.7. The summed E-state index contributed by atoms with van der Waals surface area (Å²) in [6.07, 6.45) is 1.02. The minimum Gasteiger partial charge on any atom is -0.465 e. The van der Waals surface area contributed by atoms with Crippen LogP contribution < -0.4 is 5.43 Å². The maximum atomic E-state index is 11.3. The summed E-state index contributed by atoms with van der Waals surface area (Å²) in [5.74, 6) is -0.970. The molecule has 0 amide bonds. The molecule has 0 heterocycles. The highest BCUT2D eigenvalue weighted by molar-refractivity contribution is 6.23. The molecule has 96 valence electrons. The van der Waals surface area contributed by atoms with Crippen LogP contribution in [0.4, 0.5) is 5.69 Å². The number of hydrazone groups is 1. The summed E-state index contributed by atoms with van der Waals surface area (Å²) in [4.78, 5) is 22.2. The van der Waals surface area contributed by atoms with E-state index >= 15 is 0 Å². The molecule has 18 heavy (non-hydrogen) atoms. The highest BCUT2D eigenvalue weighted by Gasteiger charge is 2.04. The number of nitrogens with one attached hydrogen (secondary N) is 1. The molecule has 0 bridgehead atoms. The first-order chi connectivity index (χ1) is 8.67. The second kappa shape index (κ2) is 7.05. The van der Waals surface area contributed by atoms with E-state index < -0.39 is 11.9 Å². The molecule has 0 aliphatic rings. The lowest BCUT2D eigenvalue weighted by Gasteiger charge is -2.02. The number of hydrogen-bond donors (Lipinski definition) is 1. The molecule has 0 aromatic heterocycles. The number of hydrogen-bond acceptors (Lipinski definition) is 6. The van der Waals surface area contributed by atoms with Gasteiger partial charge in [-0.2, -0.15) is 5.10 Å². The van der Waals surface area contributed by atoms with Crippen molar-refractivity contribution in [2.45, 2.75) is 6.92 Å². The Morgan fingerprint density at radius 2 is 2.22 bits per heavy atom. The molecule has 0 radical (unpaired) electrons. The Balaban J connectivity index is 2.63.